The van der Waals surface area contributed by atoms with E-state index in [1.165, 1.54) is 0 Å². The Hall–Kier alpha value is -1.79. The molecule has 0 aliphatic carbocycles. The van der Waals surface area contributed by atoms with Crippen molar-refractivity contribution in [3.8, 4) is 5.75 Å². The van der Waals surface area contributed by atoms with Crippen molar-refractivity contribution in [2.75, 3.05) is 25.3 Å². The maximum atomic E-state index is 7.74. The van der Waals surface area contributed by atoms with Gasteiger partial charge in [-0.3, -0.25) is 0 Å². The van der Waals surface area contributed by atoms with Crippen LogP contribution < -0.4 is 15.6 Å². The number of nitrogens with zero attached hydrogens (tertiary/aromatic N) is 1. The number of amidine groups is 1. The van der Waals surface area contributed by atoms with Gasteiger partial charge in [0.1, 0.15) is 17.5 Å². The summed E-state index contributed by atoms with van der Waals surface area (Å²) in [6.07, 6.45) is -0.0803. The van der Waals surface area contributed by atoms with Gasteiger partial charge in [-0.1, -0.05) is 12.1 Å². The predicted octanol–water partition coefficient (Wildman–Crippen LogP) is 0.725. The van der Waals surface area contributed by atoms with Crippen LogP contribution in [0.15, 0.2) is 24.3 Å². The molecule has 0 unspecified atom stereocenters. The van der Waals surface area contributed by atoms with Crippen LogP contribution in [0.1, 0.15) is 0 Å². The van der Waals surface area contributed by atoms with Crippen molar-refractivity contribution in [2.24, 2.45) is 5.84 Å². The van der Waals surface area contributed by atoms with Crippen LogP contribution in [0.4, 0.5) is 5.69 Å². The SMILES string of the molecule is COc1ccccc1N(N)C(=N)OC1COC1. The second kappa shape index (κ2) is 5.03. The second-order valence-electron chi connectivity index (χ2n) is 3.62. The zero-order chi connectivity index (χ0) is 12.3. The van der Waals surface area contributed by atoms with Gasteiger partial charge in [-0.2, -0.15) is 0 Å². The minimum Gasteiger partial charge on any atom is -0.495 e. The average Bonchev–Trinajstić information content (AvgIpc) is 2.32. The van der Waals surface area contributed by atoms with E-state index in [0.29, 0.717) is 24.7 Å². The molecule has 0 spiro atoms. The van der Waals surface area contributed by atoms with Crippen LogP contribution in [0.5, 0.6) is 5.75 Å². The molecule has 6 nitrogen and oxygen atoms in total. The van der Waals surface area contributed by atoms with Gasteiger partial charge >= 0.3 is 6.02 Å². The maximum absolute atomic E-state index is 7.74. The van der Waals surface area contributed by atoms with Crippen LogP contribution in [0, 0.1) is 5.41 Å². The number of hydrogen-bond donors (Lipinski definition) is 2. The minimum atomic E-state index is -0.122. The van der Waals surface area contributed by atoms with Crippen LogP contribution in [-0.2, 0) is 9.47 Å². The third-order valence-corrected chi connectivity index (χ3v) is 2.45. The van der Waals surface area contributed by atoms with Gasteiger partial charge in [-0.25, -0.2) is 16.3 Å². The van der Waals surface area contributed by atoms with E-state index in [-0.39, 0.29) is 12.1 Å². The Morgan fingerprint density at radius 3 is 2.76 bits per heavy atom. The molecular weight excluding hydrogens is 222 g/mol. The zero-order valence-electron chi connectivity index (χ0n) is 9.55. The Morgan fingerprint density at radius 1 is 1.47 bits per heavy atom. The van der Waals surface area contributed by atoms with E-state index in [1.54, 1.807) is 19.2 Å². The monoisotopic (exact) mass is 237 g/mol. The number of rotatable bonds is 3. The van der Waals surface area contributed by atoms with Crippen LogP contribution >= 0.6 is 0 Å². The lowest BCUT2D eigenvalue weighted by molar-refractivity contribution is -0.0872. The molecule has 17 heavy (non-hydrogen) atoms. The third kappa shape index (κ3) is 2.48. The normalized spacial score (nSPS) is 14.9. The van der Waals surface area contributed by atoms with Crippen molar-refractivity contribution in [1.82, 2.24) is 0 Å². The molecule has 0 radical (unpaired) electrons. The number of nitrogens with one attached hydrogen (secondary N) is 1. The minimum absolute atomic E-state index is 0.0803. The highest BCUT2D eigenvalue weighted by molar-refractivity contribution is 5.90. The smallest absolute Gasteiger partial charge is 0.304 e. The fourth-order valence-corrected chi connectivity index (χ4v) is 1.43. The van der Waals surface area contributed by atoms with E-state index in [1.807, 2.05) is 12.1 Å². The van der Waals surface area contributed by atoms with Gasteiger partial charge in [-0.05, 0) is 12.1 Å². The average molecular weight is 237 g/mol. The van der Waals surface area contributed by atoms with Crippen molar-refractivity contribution < 1.29 is 14.2 Å². The summed E-state index contributed by atoms with van der Waals surface area (Å²) in [5, 5.41) is 8.89. The summed E-state index contributed by atoms with van der Waals surface area (Å²) in [6.45, 7) is 1.00. The summed E-state index contributed by atoms with van der Waals surface area (Å²) >= 11 is 0. The molecule has 1 fully saturated rings. The summed E-state index contributed by atoms with van der Waals surface area (Å²) in [7, 11) is 1.55. The maximum Gasteiger partial charge on any atom is 0.304 e. The van der Waals surface area contributed by atoms with E-state index in [2.05, 4.69) is 0 Å². The molecule has 0 saturated carbocycles. The van der Waals surface area contributed by atoms with Gasteiger partial charge < -0.3 is 14.2 Å². The van der Waals surface area contributed by atoms with E-state index >= 15 is 0 Å². The largest absolute Gasteiger partial charge is 0.495 e. The number of methoxy groups -OCH3 is 1. The predicted molar refractivity (Wildman–Crippen MR) is 63.1 cm³/mol. The fraction of sp³-hybridized carbons (Fsp3) is 0.364. The molecule has 1 saturated heterocycles. The lowest BCUT2D eigenvalue weighted by Crippen LogP contribution is -2.45. The summed E-state index contributed by atoms with van der Waals surface area (Å²) in [5.41, 5.74) is 0.584. The van der Waals surface area contributed by atoms with Gasteiger partial charge in [0.2, 0.25) is 0 Å². The number of hydrazine groups is 1. The Labute approximate surface area is 99.3 Å². The number of anilines is 1. The lowest BCUT2D eigenvalue weighted by atomic mass is 10.3. The molecule has 0 aromatic heterocycles. The van der Waals surface area contributed by atoms with Crippen LogP contribution in [0.2, 0.25) is 0 Å². The standard InChI is InChI=1S/C11H15N3O3/c1-15-10-5-3-2-4-9(10)14(13)11(12)17-8-6-16-7-8/h2-5,8,12H,6-7,13H2,1H3. The lowest BCUT2D eigenvalue weighted by Gasteiger charge is -2.29. The van der Waals surface area contributed by atoms with E-state index in [4.69, 9.17) is 25.5 Å². The molecule has 0 amide bonds. The highest BCUT2D eigenvalue weighted by Gasteiger charge is 2.24. The first-order chi connectivity index (χ1) is 8.22. The fourth-order valence-electron chi connectivity index (χ4n) is 1.43. The summed E-state index contributed by atoms with van der Waals surface area (Å²) in [6, 6.07) is 7.06. The topological polar surface area (TPSA) is 80.8 Å². The van der Waals surface area contributed by atoms with Gasteiger partial charge in [-0.15, -0.1) is 0 Å². The summed E-state index contributed by atoms with van der Waals surface area (Å²) in [5.74, 6) is 6.40. The molecule has 1 aliphatic rings. The van der Waals surface area contributed by atoms with E-state index < -0.39 is 0 Å². The van der Waals surface area contributed by atoms with Crippen LogP contribution in [-0.4, -0.2) is 32.4 Å². The Kier molecular flexibility index (Phi) is 3.46. The van der Waals surface area contributed by atoms with Gasteiger partial charge in [0.05, 0.1) is 20.3 Å². The van der Waals surface area contributed by atoms with Crippen molar-refractivity contribution in [1.29, 1.82) is 5.41 Å². The third-order valence-electron chi connectivity index (χ3n) is 2.45. The molecule has 1 heterocycles. The molecule has 1 aromatic rings. The van der Waals surface area contributed by atoms with Crippen molar-refractivity contribution >= 4 is 11.7 Å². The van der Waals surface area contributed by atoms with Crippen molar-refractivity contribution in [2.45, 2.75) is 6.10 Å². The van der Waals surface area contributed by atoms with E-state index in [9.17, 15) is 0 Å². The first-order valence-corrected chi connectivity index (χ1v) is 5.23. The van der Waals surface area contributed by atoms with Gasteiger partial charge in [0.25, 0.3) is 0 Å². The molecule has 6 heteroatoms. The molecule has 2 rings (SSSR count). The molecule has 0 atom stereocenters. The zero-order valence-corrected chi connectivity index (χ0v) is 9.55. The Morgan fingerprint density at radius 2 is 2.18 bits per heavy atom. The molecule has 3 N–H and O–H groups in total. The van der Waals surface area contributed by atoms with Crippen molar-refractivity contribution in [3.63, 3.8) is 0 Å². The summed E-state index contributed by atoms with van der Waals surface area (Å²) in [4.78, 5) is 0. The second-order valence-corrected chi connectivity index (χ2v) is 3.62. The van der Waals surface area contributed by atoms with Gasteiger partial charge in [0, 0.05) is 0 Å². The molecule has 0 bridgehead atoms. The van der Waals surface area contributed by atoms with Crippen LogP contribution in [0.25, 0.3) is 0 Å². The first kappa shape index (κ1) is 11.7. The van der Waals surface area contributed by atoms with Gasteiger partial charge in [0.15, 0.2) is 0 Å². The quantitative estimate of drug-likeness (QED) is 0.350. The molecular formula is C11H15N3O3. The first-order valence-electron chi connectivity index (χ1n) is 5.23. The number of hydrogen-bond acceptors (Lipinski definition) is 5. The van der Waals surface area contributed by atoms with Crippen LogP contribution in [0.3, 0.4) is 0 Å². The number of para-hydroxylation sites is 2. The summed E-state index contributed by atoms with van der Waals surface area (Å²) < 4.78 is 15.4. The van der Waals surface area contributed by atoms with Crippen molar-refractivity contribution in [3.05, 3.63) is 24.3 Å². The Balaban J connectivity index is 2.06. The number of ether oxygens (including phenoxy) is 3. The number of benzene rings is 1. The molecule has 1 aliphatic heterocycles. The molecule has 92 valence electrons. The molecule has 1 aromatic carbocycles. The Bertz CT molecular complexity index is 407. The van der Waals surface area contributed by atoms with E-state index in [0.717, 1.165) is 5.01 Å². The number of nitrogens with two attached hydrogens (primary N) is 1. The highest BCUT2D eigenvalue weighted by Crippen LogP contribution is 2.26. The highest BCUT2D eigenvalue weighted by atomic mass is 16.6.